The van der Waals surface area contributed by atoms with Gasteiger partial charge in [0.2, 0.25) is 0 Å². The molecule has 1 amide bonds. The second kappa shape index (κ2) is 6.72. The van der Waals surface area contributed by atoms with Crippen molar-refractivity contribution in [2.24, 2.45) is 0 Å². The number of carbonyl (C=O) groups excluding carboxylic acids is 1. The van der Waals surface area contributed by atoms with Gasteiger partial charge in [-0.15, -0.1) is 0 Å². The van der Waals surface area contributed by atoms with Gasteiger partial charge in [-0.1, -0.05) is 12.1 Å². The van der Waals surface area contributed by atoms with Gasteiger partial charge in [-0.05, 0) is 30.8 Å². The average molecular weight is 314 g/mol. The van der Waals surface area contributed by atoms with E-state index < -0.39 is 0 Å². The molecule has 0 spiro atoms. The van der Waals surface area contributed by atoms with E-state index >= 15 is 0 Å². The van der Waals surface area contributed by atoms with Crippen LogP contribution in [-0.4, -0.2) is 47.7 Å². The van der Waals surface area contributed by atoms with Crippen molar-refractivity contribution in [1.29, 1.82) is 0 Å². The second-order valence-corrected chi connectivity index (χ2v) is 5.51. The molecule has 120 valence electrons. The molecule has 2 N–H and O–H groups in total. The summed E-state index contributed by atoms with van der Waals surface area (Å²) in [6.07, 6.45) is -0.00296. The largest absolute Gasteiger partial charge is 0.371 e. The van der Waals surface area contributed by atoms with Crippen LogP contribution in [0, 0.1) is 0 Å². The molecule has 1 aliphatic rings. The smallest absolute Gasteiger partial charge is 0.276 e. The Kier molecular flexibility index (Phi) is 4.50. The highest BCUT2D eigenvalue weighted by Crippen LogP contribution is 2.24. The van der Waals surface area contributed by atoms with E-state index in [0.717, 1.165) is 18.7 Å². The maximum absolute atomic E-state index is 12.1. The number of morpholine rings is 1. The number of aromatic amines is 1. The topological polar surface area (TPSA) is 87.3 Å². The predicted octanol–water partition coefficient (Wildman–Crippen LogP) is 1.03. The third-order valence-corrected chi connectivity index (χ3v) is 3.70. The number of benzene rings is 1. The summed E-state index contributed by atoms with van der Waals surface area (Å²) in [7, 11) is 2.06. The Morgan fingerprint density at radius 3 is 3.00 bits per heavy atom. The standard InChI is InChI=1S/C16H18N4O3/c1-20-7-8-23-14(10-20)11-3-2-4-12(9-11)17-16(22)13-5-6-15(21)19-18-13/h2-6,9,14H,7-8,10H2,1H3,(H,17,22)(H,19,21). The fourth-order valence-corrected chi connectivity index (χ4v) is 2.46. The lowest BCUT2D eigenvalue weighted by atomic mass is 10.1. The van der Waals surface area contributed by atoms with Gasteiger partial charge in [-0.25, -0.2) is 5.10 Å². The summed E-state index contributed by atoms with van der Waals surface area (Å²) in [5.41, 5.74) is 1.49. The molecule has 7 nitrogen and oxygen atoms in total. The number of anilines is 1. The van der Waals surface area contributed by atoms with Gasteiger partial charge in [-0.2, -0.15) is 5.10 Å². The lowest BCUT2D eigenvalue weighted by Crippen LogP contribution is -2.35. The molecule has 23 heavy (non-hydrogen) atoms. The molecule has 0 aliphatic carbocycles. The van der Waals surface area contributed by atoms with Crippen LogP contribution in [0.5, 0.6) is 0 Å². The Labute approximate surface area is 133 Å². The van der Waals surface area contributed by atoms with E-state index in [9.17, 15) is 9.59 Å². The van der Waals surface area contributed by atoms with Crippen LogP contribution in [0.1, 0.15) is 22.2 Å². The molecule has 0 saturated carbocycles. The zero-order valence-electron chi connectivity index (χ0n) is 12.8. The van der Waals surface area contributed by atoms with E-state index in [0.29, 0.717) is 12.3 Å². The first-order valence-electron chi connectivity index (χ1n) is 7.39. The van der Waals surface area contributed by atoms with Crippen molar-refractivity contribution in [2.75, 3.05) is 32.1 Å². The third kappa shape index (κ3) is 3.82. The predicted molar refractivity (Wildman–Crippen MR) is 85.4 cm³/mol. The molecule has 1 aromatic heterocycles. The molecule has 1 aromatic carbocycles. The van der Waals surface area contributed by atoms with Gasteiger partial charge in [0.05, 0.1) is 12.7 Å². The molecule has 1 saturated heterocycles. The van der Waals surface area contributed by atoms with Crippen molar-refractivity contribution in [3.05, 3.63) is 58.0 Å². The number of carbonyl (C=O) groups is 1. The van der Waals surface area contributed by atoms with Crippen molar-refractivity contribution in [2.45, 2.75) is 6.10 Å². The minimum Gasteiger partial charge on any atom is -0.371 e. The zero-order valence-corrected chi connectivity index (χ0v) is 12.8. The molecule has 3 rings (SSSR count). The third-order valence-electron chi connectivity index (χ3n) is 3.70. The molecule has 2 aromatic rings. The summed E-state index contributed by atoms with van der Waals surface area (Å²) in [6, 6.07) is 10.2. The average Bonchev–Trinajstić information content (AvgIpc) is 2.56. The van der Waals surface area contributed by atoms with Crippen LogP contribution in [0.15, 0.2) is 41.2 Å². The molecular weight excluding hydrogens is 296 g/mol. The molecule has 1 fully saturated rings. The van der Waals surface area contributed by atoms with Crippen LogP contribution in [0.3, 0.4) is 0 Å². The lowest BCUT2D eigenvalue weighted by Gasteiger charge is -2.30. The molecule has 2 heterocycles. The van der Waals surface area contributed by atoms with E-state index in [4.69, 9.17) is 4.74 Å². The van der Waals surface area contributed by atoms with E-state index in [1.54, 1.807) is 6.07 Å². The Morgan fingerprint density at radius 1 is 1.39 bits per heavy atom. The number of hydrogen-bond donors (Lipinski definition) is 2. The number of ether oxygens (including phenoxy) is 1. The van der Waals surface area contributed by atoms with Crippen LogP contribution in [0.2, 0.25) is 0 Å². The summed E-state index contributed by atoms with van der Waals surface area (Å²) in [4.78, 5) is 25.3. The van der Waals surface area contributed by atoms with Gasteiger partial charge < -0.3 is 15.0 Å². The van der Waals surface area contributed by atoms with Crippen LogP contribution in [0.25, 0.3) is 0 Å². The molecule has 0 radical (unpaired) electrons. The van der Waals surface area contributed by atoms with Crippen LogP contribution in [0.4, 0.5) is 5.69 Å². The lowest BCUT2D eigenvalue weighted by molar-refractivity contribution is -0.0208. The van der Waals surface area contributed by atoms with Gasteiger partial charge in [0.1, 0.15) is 5.69 Å². The number of H-pyrrole nitrogens is 1. The molecule has 0 bridgehead atoms. The van der Waals surface area contributed by atoms with E-state index in [2.05, 4.69) is 27.5 Å². The van der Waals surface area contributed by atoms with Crippen molar-refractivity contribution in [1.82, 2.24) is 15.1 Å². The summed E-state index contributed by atoms with van der Waals surface area (Å²) in [6.45, 7) is 2.43. The van der Waals surface area contributed by atoms with Gasteiger partial charge in [0.15, 0.2) is 0 Å². The first-order valence-corrected chi connectivity index (χ1v) is 7.39. The Hall–Kier alpha value is -2.51. The number of aromatic nitrogens is 2. The number of rotatable bonds is 3. The van der Waals surface area contributed by atoms with Gasteiger partial charge in [0, 0.05) is 24.8 Å². The van der Waals surface area contributed by atoms with Crippen LogP contribution in [-0.2, 0) is 4.74 Å². The summed E-state index contributed by atoms with van der Waals surface area (Å²) in [5.74, 6) is -0.375. The minimum atomic E-state index is -0.375. The van der Waals surface area contributed by atoms with Gasteiger partial charge in [-0.3, -0.25) is 9.59 Å². The van der Waals surface area contributed by atoms with Crippen molar-refractivity contribution in [3.8, 4) is 0 Å². The maximum atomic E-state index is 12.1. The fourth-order valence-electron chi connectivity index (χ4n) is 2.46. The quantitative estimate of drug-likeness (QED) is 0.883. The number of nitrogens with zero attached hydrogens (tertiary/aromatic N) is 2. The summed E-state index contributed by atoms with van der Waals surface area (Å²) in [5, 5.41) is 8.73. The molecule has 1 unspecified atom stereocenters. The minimum absolute atomic E-state index is 0.00296. The Balaban J connectivity index is 1.73. The van der Waals surface area contributed by atoms with E-state index in [1.807, 2.05) is 18.2 Å². The molecule has 1 aliphatic heterocycles. The maximum Gasteiger partial charge on any atom is 0.276 e. The normalized spacial score (nSPS) is 18.6. The number of likely N-dealkylation sites (N-methyl/N-ethyl adjacent to an activating group) is 1. The van der Waals surface area contributed by atoms with E-state index in [1.165, 1.54) is 12.1 Å². The fraction of sp³-hybridized carbons (Fsp3) is 0.312. The number of hydrogen-bond acceptors (Lipinski definition) is 5. The molecular formula is C16H18N4O3. The van der Waals surface area contributed by atoms with Crippen LogP contribution < -0.4 is 10.9 Å². The van der Waals surface area contributed by atoms with Crippen molar-refractivity contribution < 1.29 is 9.53 Å². The van der Waals surface area contributed by atoms with Gasteiger partial charge >= 0.3 is 0 Å². The van der Waals surface area contributed by atoms with Gasteiger partial charge in [0.25, 0.3) is 11.5 Å². The summed E-state index contributed by atoms with van der Waals surface area (Å²) < 4.78 is 5.79. The Bertz CT molecular complexity index is 738. The molecule has 1 atom stereocenters. The molecule has 7 heteroatoms. The highest BCUT2D eigenvalue weighted by Gasteiger charge is 2.20. The highest BCUT2D eigenvalue weighted by atomic mass is 16.5. The number of nitrogens with one attached hydrogen (secondary N) is 2. The first kappa shape index (κ1) is 15.4. The monoisotopic (exact) mass is 314 g/mol. The van der Waals surface area contributed by atoms with Crippen molar-refractivity contribution >= 4 is 11.6 Å². The first-order chi connectivity index (χ1) is 11.1. The Morgan fingerprint density at radius 2 is 2.26 bits per heavy atom. The second-order valence-electron chi connectivity index (χ2n) is 5.51. The summed E-state index contributed by atoms with van der Waals surface area (Å²) >= 11 is 0. The SMILES string of the molecule is CN1CCOC(c2cccc(NC(=O)c3ccc(=O)[nH]n3)c2)C1. The van der Waals surface area contributed by atoms with Crippen LogP contribution >= 0.6 is 0 Å². The van der Waals surface area contributed by atoms with E-state index in [-0.39, 0.29) is 23.3 Å². The number of amides is 1. The highest BCUT2D eigenvalue weighted by molar-refractivity contribution is 6.02. The van der Waals surface area contributed by atoms with Crippen molar-refractivity contribution in [3.63, 3.8) is 0 Å². The zero-order chi connectivity index (χ0) is 16.2.